The van der Waals surface area contributed by atoms with Crippen molar-refractivity contribution in [2.24, 2.45) is 0 Å². The predicted octanol–water partition coefficient (Wildman–Crippen LogP) is 3.14. The molecule has 2 aromatic rings. The van der Waals surface area contributed by atoms with Gasteiger partial charge in [0.15, 0.2) is 0 Å². The van der Waals surface area contributed by atoms with Gasteiger partial charge in [0, 0.05) is 18.2 Å². The van der Waals surface area contributed by atoms with Crippen molar-refractivity contribution in [1.82, 2.24) is 10.0 Å². The summed E-state index contributed by atoms with van der Waals surface area (Å²) in [4.78, 5) is 12.3. The van der Waals surface area contributed by atoms with Crippen molar-refractivity contribution < 1.29 is 17.6 Å². The van der Waals surface area contributed by atoms with Crippen LogP contribution in [0, 0.1) is 12.7 Å². The Morgan fingerprint density at radius 3 is 2.38 bits per heavy atom. The van der Waals surface area contributed by atoms with Crippen molar-refractivity contribution >= 4 is 15.9 Å². The van der Waals surface area contributed by atoms with Crippen molar-refractivity contribution in [1.29, 1.82) is 0 Å². The molecule has 0 fully saturated rings. The van der Waals surface area contributed by atoms with E-state index in [0.717, 1.165) is 5.56 Å². The minimum Gasteiger partial charge on any atom is -0.348 e. The molecule has 2 aromatic carbocycles. The third-order valence-corrected chi connectivity index (χ3v) is 5.68. The standard InChI is InChI=1S/C19H23FN2O3S/c1-4-14(3)22-26(24,25)17-8-6-16(7-9-17)19(23)21-12-15-5-10-18(20)13(2)11-15/h5-11,14,22H,4,12H2,1-3H3,(H,21,23). The topological polar surface area (TPSA) is 75.3 Å². The second-order valence-corrected chi connectivity index (χ2v) is 7.94. The molecule has 1 amide bonds. The van der Waals surface area contributed by atoms with Crippen LogP contribution >= 0.6 is 0 Å². The van der Waals surface area contributed by atoms with Gasteiger partial charge in [0.2, 0.25) is 10.0 Å². The van der Waals surface area contributed by atoms with Gasteiger partial charge >= 0.3 is 0 Å². The monoisotopic (exact) mass is 378 g/mol. The Bertz CT molecular complexity index is 880. The Balaban J connectivity index is 2.03. The van der Waals surface area contributed by atoms with E-state index >= 15 is 0 Å². The lowest BCUT2D eigenvalue weighted by atomic mass is 10.1. The van der Waals surface area contributed by atoms with E-state index < -0.39 is 10.0 Å². The number of benzene rings is 2. The number of nitrogens with one attached hydrogen (secondary N) is 2. The number of aryl methyl sites for hydroxylation is 1. The Labute approximate surface area is 153 Å². The van der Waals surface area contributed by atoms with E-state index in [0.29, 0.717) is 17.5 Å². The van der Waals surface area contributed by atoms with Crippen molar-refractivity contribution in [3.8, 4) is 0 Å². The van der Waals surface area contributed by atoms with Gasteiger partial charge in [0.25, 0.3) is 5.91 Å². The van der Waals surface area contributed by atoms with Gasteiger partial charge in [-0.2, -0.15) is 0 Å². The Morgan fingerprint density at radius 2 is 1.81 bits per heavy atom. The molecule has 0 heterocycles. The molecule has 0 aromatic heterocycles. The van der Waals surface area contributed by atoms with E-state index in [9.17, 15) is 17.6 Å². The fraction of sp³-hybridized carbons (Fsp3) is 0.316. The Hall–Kier alpha value is -2.25. The first-order valence-corrected chi connectivity index (χ1v) is 9.87. The minimum atomic E-state index is -3.60. The summed E-state index contributed by atoms with van der Waals surface area (Å²) in [5, 5.41) is 2.74. The van der Waals surface area contributed by atoms with Crippen LogP contribution in [0.1, 0.15) is 41.8 Å². The van der Waals surface area contributed by atoms with Gasteiger partial charge in [-0.3, -0.25) is 4.79 Å². The molecular weight excluding hydrogens is 355 g/mol. The number of carbonyl (C=O) groups excluding carboxylic acids is 1. The molecule has 0 aliphatic carbocycles. The van der Waals surface area contributed by atoms with Crippen LogP contribution in [0.4, 0.5) is 4.39 Å². The zero-order valence-electron chi connectivity index (χ0n) is 15.0. The SMILES string of the molecule is CCC(C)NS(=O)(=O)c1ccc(C(=O)NCc2ccc(F)c(C)c2)cc1. The van der Waals surface area contributed by atoms with Gasteiger partial charge < -0.3 is 5.32 Å². The van der Waals surface area contributed by atoms with Crippen molar-refractivity contribution in [3.05, 3.63) is 65.0 Å². The van der Waals surface area contributed by atoms with Gasteiger partial charge in [-0.05, 0) is 61.7 Å². The van der Waals surface area contributed by atoms with Crippen molar-refractivity contribution in [2.45, 2.75) is 44.7 Å². The molecule has 0 saturated heterocycles. The molecule has 2 rings (SSSR count). The number of sulfonamides is 1. The molecule has 26 heavy (non-hydrogen) atoms. The number of halogens is 1. The van der Waals surface area contributed by atoms with Crippen LogP contribution in [0.3, 0.4) is 0 Å². The lowest BCUT2D eigenvalue weighted by Crippen LogP contribution is -2.32. The van der Waals surface area contributed by atoms with Gasteiger partial charge in [0.1, 0.15) is 5.82 Å². The molecule has 5 nitrogen and oxygen atoms in total. The highest BCUT2D eigenvalue weighted by Crippen LogP contribution is 2.13. The summed E-state index contributed by atoms with van der Waals surface area (Å²) < 4.78 is 40.2. The third-order valence-electron chi connectivity index (χ3n) is 4.07. The van der Waals surface area contributed by atoms with Crippen molar-refractivity contribution in [2.75, 3.05) is 0 Å². The Kier molecular flexibility index (Phi) is 6.50. The fourth-order valence-electron chi connectivity index (χ4n) is 2.30. The first-order valence-electron chi connectivity index (χ1n) is 8.38. The number of amides is 1. The minimum absolute atomic E-state index is 0.114. The maximum atomic E-state index is 13.3. The normalized spacial score (nSPS) is 12.6. The van der Waals surface area contributed by atoms with Gasteiger partial charge in [-0.25, -0.2) is 17.5 Å². The van der Waals surface area contributed by atoms with Crippen molar-refractivity contribution in [3.63, 3.8) is 0 Å². The van der Waals surface area contributed by atoms with Crippen LogP contribution in [0.25, 0.3) is 0 Å². The second kappa shape index (κ2) is 8.42. The highest BCUT2D eigenvalue weighted by atomic mass is 32.2. The maximum Gasteiger partial charge on any atom is 0.251 e. The molecule has 0 radical (unpaired) electrons. The van der Waals surface area contributed by atoms with Crippen LogP contribution < -0.4 is 10.0 Å². The van der Waals surface area contributed by atoms with E-state index in [-0.39, 0.29) is 29.2 Å². The van der Waals surface area contributed by atoms with Crippen LogP contribution in [0.2, 0.25) is 0 Å². The average molecular weight is 378 g/mol. The molecule has 0 aliphatic rings. The lowest BCUT2D eigenvalue weighted by Gasteiger charge is -2.12. The smallest absolute Gasteiger partial charge is 0.251 e. The van der Waals surface area contributed by atoms with E-state index in [1.807, 2.05) is 6.92 Å². The second-order valence-electron chi connectivity index (χ2n) is 6.22. The summed E-state index contributed by atoms with van der Waals surface area (Å²) in [5.41, 5.74) is 1.65. The molecule has 0 aliphatic heterocycles. The number of carbonyl (C=O) groups is 1. The van der Waals surface area contributed by atoms with Crippen LogP contribution in [-0.4, -0.2) is 20.4 Å². The summed E-state index contributed by atoms with van der Waals surface area (Å²) in [6.07, 6.45) is 0.683. The first-order chi connectivity index (χ1) is 12.2. The van der Waals surface area contributed by atoms with Gasteiger partial charge in [-0.1, -0.05) is 19.1 Å². The zero-order valence-corrected chi connectivity index (χ0v) is 15.9. The summed E-state index contributed by atoms with van der Waals surface area (Å²) in [6.45, 7) is 5.60. The summed E-state index contributed by atoms with van der Waals surface area (Å²) >= 11 is 0. The van der Waals surface area contributed by atoms with Gasteiger partial charge in [0.05, 0.1) is 4.90 Å². The molecule has 140 valence electrons. The van der Waals surface area contributed by atoms with Crippen LogP contribution in [0.5, 0.6) is 0 Å². The number of hydrogen-bond acceptors (Lipinski definition) is 3. The molecule has 0 spiro atoms. The first kappa shape index (κ1) is 20.1. The lowest BCUT2D eigenvalue weighted by molar-refractivity contribution is 0.0951. The zero-order chi connectivity index (χ0) is 19.3. The Morgan fingerprint density at radius 1 is 1.15 bits per heavy atom. The van der Waals surface area contributed by atoms with E-state index in [1.54, 1.807) is 26.0 Å². The average Bonchev–Trinajstić information content (AvgIpc) is 2.62. The number of hydrogen-bond donors (Lipinski definition) is 2. The maximum absolute atomic E-state index is 13.3. The third kappa shape index (κ3) is 5.12. The summed E-state index contributed by atoms with van der Waals surface area (Å²) in [5.74, 6) is -0.617. The molecular formula is C19H23FN2O3S. The fourth-order valence-corrected chi connectivity index (χ4v) is 3.63. The molecule has 2 N–H and O–H groups in total. The molecule has 7 heteroatoms. The molecule has 1 atom stereocenters. The quantitative estimate of drug-likeness (QED) is 0.777. The molecule has 0 saturated carbocycles. The highest BCUT2D eigenvalue weighted by Gasteiger charge is 2.17. The largest absolute Gasteiger partial charge is 0.348 e. The molecule has 0 bridgehead atoms. The van der Waals surface area contributed by atoms with E-state index in [1.165, 1.54) is 30.3 Å². The van der Waals surface area contributed by atoms with Crippen LogP contribution in [0.15, 0.2) is 47.4 Å². The highest BCUT2D eigenvalue weighted by molar-refractivity contribution is 7.89. The summed E-state index contributed by atoms with van der Waals surface area (Å²) in [7, 11) is -3.60. The van der Waals surface area contributed by atoms with Crippen LogP contribution in [-0.2, 0) is 16.6 Å². The predicted molar refractivity (Wildman–Crippen MR) is 98.8 cm³/mol. The number of rotatable bonds is 7. The van der Waals surface area contributed by atoms with Gasteiger partial charge in [-0.15, -0.1) is 0 Å². The van der Waals surface area contributed by atoms with E-state index in [2.05, 4.69) is 10.0 Å². The summed E-state index contributed by atoms with van der Waals surface area (Å²) in [6, 6.07) is 10.2. The van der Waals surface area contributed by atoms with E-state index in [4.69, 9.17) is 0 Å². The molecule has 1 unspecified atom stereocenters.